The van der Waals surface area contributed by atoms with E-state index < -0.39 is 18.0 Å². The SMILES string of the molecule is O=C(n1cncn1)n1nc(Cc2ccccc2)nc1C(F)(F)F. The Morgan fingerprint density at radius 2 is 1.91 bits per heavy atom. The highest BCUT2D eigenvalue weighted by atomic mass is 19.4. The average Bonchev–Trinajstić information content (AvgIpc) is 3.16. The van der Waals surface area contributed by atoms with Gasteiger partial charge in [-0.25, -0.2) is 14.8 Å². The van der Waals surface area contributed by atoms with Crippen molar-refractivity contribution in [3.8, 4) is 0 Å². The molecule has 10 heteroatoms. The van der Waals surface area contributed by atoms with E-state index in [9.17, 15) is 18.0 Å². The minimum Gasteiger partial charge on any atom is -0.243 e. The Bertz CT molecular complexity index is 810. The molecule has 0 aliphatic carbocycles. The Hall–Kier alpha value is -3.04. The molecule has 0 amide bonds. The molecule has 2 heterocycles. The molecule has 0 saturated carbocycles. The lowest BCUT2D eigenvalue weighted by Gasteiger charge is -2.06. The molecule has 0 unspecified atom stereocenters. The van der Waals surface area contributed by atoms with Gasteiger partial charge in [-0.1, -0.05) is 30.3 Å². The minimum atomic E-state index is -4.82. The van der Waals surface area contributed by atoms with Gasteiger partial charge < -0.3 is 0 Å². The highest BCUT2D eigenvalue weighted by Gasteiger charge is 2.40. The fraction of sp³-hybridized carbons (Fsp3) is 0.154. The molecule has 0 atom stereocenters. The molecule has 3 aromatic rings. The van der Waals surface area contributed by atoms with Crippen molar-refractivity contribution in [1.82, 2.24) is 29.5 Å². The number of halogens is 3. The van der Waals surface area contributed by atoms with E-state index in [2.05, 4.69) is 20.2 Å². The molecule has 0 spiro atoms. The fourth-order valence-corrected chi connectivity index (χ4v) is 1.93. The van der Waals surface area contributed by atoms with Crippen LogP contribution in [0.15, 0.2) is 43.0 Å². The molecule has 0 saturated heterocycles. The third-order valence-electron chi connectivity index (χ3n) is 2.91. The van der Waals surface area contributed by atoms with Gasteiger partial charge in [0.05, 0.1) is 0 Å². The molecule has 2 aromatic heterocycles. The second-order valence-electron chi connectivity index (χ2n) is 4.55. The van der Waals surface area contributed by atoms with Crippen LogP contribution in [-0.2, 0) is 12.6 Å². The summed E-state index contributed by atoms with van der Waals surface area (Å²) in [6, 6.07) is 7.63. The molecule has 7 nitrogen and oxygen atoms in total. The zero-order chi connectivity index (χ0) is 16.4. The molecule has 3 rings (SSSR count). The van der Waals surface area contributed by atoms with E-state index in [-0.39, 0.29) is 16.9 Å². The summed E-state index contributed by atoms with van der Waals surface area (Å²) >= 11 is 0. The summed E-state index contributed by atoms with van der Waals surface area (Å²) in [7, 11) is 0. The molecule has 0 radical (unpaired) electrons. The van der Waals surface area contributed by atoms with Crippen molar-refractivity contribution in [2.24, 2.45) is 0 Å². The topological polar surface area (TPSA) is 78.5 Å². The summed E-state index contributed by atoms with van der Waals surface area (Å²) in [5, 5.41) is 7.18. The first-order chi connectivity index (χ1) is 10.9. The van der Waals surface area contributed by atoms with Gasteiger partial charge in [-0.2, -0.15) is 27.6 Å². The smallest absolute Gasteiger partial charge is 0.243 e. The monoisotopic (exact) mass is 322 g/mol. The molecule has 118 valence electrons. The largest absolute Gasteiger partial charge is 0.451 e. The lowest BCUT2D eigenvalue weighted by atomic mass is 10.1. The highest BCUT2D eigenvalue weighted by molar-refractivity contribution is 5.77. The predicted octanol–water partition coefficient (Wildman–Crippen LogP) is 2.00. The summed E-state index contributed by atoms with van der Waals surface area (Å²) in [6.45, 7) is 0. The summed E-state index contributed by atoms with van der Waals surface area (Å²) in [6.07, 6.45) is -2.73. The Labute approximate surface area is 127 Å². The third-order valence-corrected chi connectivity index (χ3v) is 2.91. The van der Waals surface area contributed by atoms with Crippen molar-refractivity contribution in [2.45, 2.75) is 12.6 Å². The number of carbonyl (C=O) groups excluding carboxylic acids is 1. The fourth-order valence-electron chi connectivity index (χ4n) is 1.93. The van der Waals surface area contributed by atoms with E-state index >= 15 is 0 Å². The number of rotatable bonds is 2. The minimum absolute atomic E-state index is 0.0710. The van der Waals surface area contributed by atoms with Crippen LogP contribution in [0.2, 0.25) is 0 Å². The van der Waals surface area contributed by atoms with Crippen molar-refractivity contribution in [2.75, 3.05) is 0 Å². The van der Waals surface area contributed by atoms with E-state index in [1.165, 1.54) is 0 Å². The average molecular weight is 322 g/mol. The van der Waals surface area contributed by atoms with Gasteiger partial charge in [0, 0.05) is 6.42 Å². The van der Waals surface area contributed by atoms with Crippen LogP contribution in [0.25, 0.3) is 0 Å². The number of benzene rings is 1. The highest BCUT2D eigenvalue weighted by Crippen LogP contribution is 2.28. The van der Waals surface area contributed by atoms with E-state index in [1.54, 1.807) is 30.3 Å². The second kappa shape index (κ2) is 5.63. The number of hydrogen-bond donors (Lipinski definition) is 0. The molecule has 0 bridgehead atoms. The van der Waals surface area contributed by atoms with Gasteiger partial charge in [0.2, 0.25) is 5.82 Å². The van der Waals surface area contributed by atoms with Crippen LogP contribution in [0.3, 0.4) is 0 Å². The summed E-state index contributed by atoms with van der Waals surface area (Å²) in [5.41, 5.74) is 0.728. The third kappa shape index (κ3) is 3.10. The van der Waals surface area contributed by atoms with Crippen LogP contribution in [0.5, 0.6) is 0 Å². The van der Waals surface area contributed by atoms with Crippen molar-refractivity contribution >= 4 is 6.03 Å². The number of aromatic nitrogens is 6. The van der Waals surface area contributed by atoms with Gasteiger partial charge in [0.15, 0.2) is 5.82 Å². The Balaban J connectivity index is 1.99. The number of alkyl halides is 3. The first-order valence-electron chi connectivity index (χ1n) is 6.41. The molecular weight excluding hydrogens is 313 g/mol. The summed E-state index contributed by atoms with van der Waals surface area (Å²) in [5.74, 6) is -1.51. The molecule has 0 fully saturated rings. The number of nitrogens with zero attached hydrogens (tertiary/aromatic N) is 6. The van der Waals surface area contributed by atoms with Crippen molar-refractivity contribution in [3.05, 3.63) is 60.2 Å². The van der Waals surface area contributed by atoms with Crippen LogP contribution < -0.4 is 0 Å². The van der Waals surface area contributed by atoms with Gasteiger partial charge in [-0.05, 0) is 5.56 Å². The summed E-state index contributed by atoms with van der Waals surface area (Å²) in [4.78, 5) is 19.0. The van der Waals surface area contributed by atoms with Crippen LogP contribution in [-0.4, -0.2) is 35.6 Å². The van der Waals surface area contributed by atoms with Crippen LogP contribution in [0.4, 0.5) is 18.0 Å². The Kier molecular flexibility index (Phi) is 3.64. The van der Waals surface area contributed by atoms with Crippen molar-refractivity contribution < 1.29 is 18.0 Å². The normalized spacial score (nSPS) is 11.6. The molecule has 0 aliphatic rings. The summed E-state index contributed by atoms with van der Waals surface area (Å²) < 4.78 is 40.1. The first-order valence-corrected chi connectivity index (χ1v) is 6.41. The van der Waals surface area contributed by atoms with E-state index in [0.29, 0.717) is 4.68 Å². The van der Waals surface area contributed by atoms with E-state index in [0.717, 1.165) is 18.2 Å². The van der Waals surface area contributed by atoms with Crippen molar-refractivity contribution in [3.63, 3.8) is 0 Å². The molecule has 0 aliphatic heterocycles. The molecule has 23 heavy (non-hydrogen) atoms. The van der Waals surface area contributed by atoms with Crippen LogP contribution in [0.1, 0.15) is 17.2 Å². The lowest BCUT2D eigenvalue weighted by molar-refractivity contribution is -0.146. The maximum atomic E-state index is 13.1. The maximum Gasteiger partial charge on any atom is 0.451 e. The van der Waals surface area contributed by atoms with Gasteiger partial charge >= 0.3 is 12.2 Å². The molecule has 1 aromatic carbocycles. The van der Waals surface area contributed by atoms with Crippen LogP contribution in [0, 0.1) is 0 Å². The van der Waals surface area contributed by atoms with Gasteiger partial charge in [0.25, 0.3) is 0 Å². The predicted molar refractivity (Wildman–Crippen MR) is 70.5 cm³/mol. The maximum absolute atomic E-state index is 13.1. The van der Waals surface area contributed by atoms with Gasteiger partial charge in [0.1, 0.15) is 12.7 Å². The zero-order valence-corrected chi connectivity index (χ0v) is 11.5. The standard InChI is InChI=1S/C13H9F3N6O/c14-13(15,16)11-19-10(6-9-4-2-1-3-5-9)20-22(11)12(23)21-8-17-7-18-21/h1-5,7-8H,6H2. The number of hydrogen-bond acceptors (Lipinski definition) is 5. The molecule has 0 N–H and O–H groups in total. The number of carbonyl (C=O) groups is 1. The van der Waals surface area contributed by atoms with E-state index in [4.69, 9.17) is 0 Å². The van der Waals surface area contributed by atoms with E-state index in [1.807, 2.05) is 0 Å². The first kappa shape index (κ1) is 14.9. The van der Waals surface area contributed by atoms with Crippen molar-refractivity contribution in [1.29, 1.82) is 0 Å². The lowest BCUT2D eigenvalue weighted by Crippen LogP contribution is -2.27. The second-order valence-corrected chi connectivity index (χ2v) is 4.55. The quantitative estimate of drug-likeness (QED) is 0.721. The van der Waals surface area contributed by atoms with Gasteiger partial charge in [-0.15, -0.1) is 5.10 Å². The van der Waals surface area contributed by atoms with Crippen LogP contribution >= 0.6 is 0 Å². The van der Waals surface area contributed by atoms with Gasteiger partial charge in [-0.3, -0.25) is 0 Å². The molecular formula is C13H9F3N6O. The Morgan fingerprint density at radius 1 is 1.17 bits per heavy atom. The zero-order valence-electron chi connectivity index (χ0n) is 11.5. The Morgan fingerprint density at radius 3 is 2.52 bits per heavy atom.